The topological polar surface area (TPSA) is 122 Å². The van der Waals surface area contributed by atoms with Gasteiger partial charge in [0.05, 0.1) is 11.3 Å². The number of amidine groups is 1. The van der Waals surface area contributed by atoms with Crippen molar-refractivity contribution in [1.82, 2.24) is 0 Å². The van der Waals surface area contributed by atoms with Gasteiger partial charge in [0.1, 0.15) is 5.84 Å². The highest BCUT2D eigenvalue weighted by Crippen LogP contribution is 2.33. The van der Waals surface area contributed by atoms with Gasteiger partial charge >= 0.3 is 6.18 Å². The van der Waals surface area contributed by atoms with Gasteiger partial charge in [0.2, 0.25) is 0 Å². The van der Waals surface area contributed by atoms with Gasteiger partial charge in [-0.15, -0.1) is 0 Å². The summed E-state index contributed by atoms with van der Waals surface area (Å²) >= 11 is 0. The van der Waals surface area contributed by atoms with Crippen molar-refractivity contribution >= 4 is 21.7 Å². The number of nitrogens with two attached hydrogens (primary N) is 2. The number of nitrogens with one attached hydrogen (secondary N) is 2. The van der Waals surface area contributed by atoms with Crippen LogP contribution in [0.2, 0.25) is 0 Å². The van der Waals surface area contributed by atoms with Crippen LogP contribution in [0, 0.1) is 5.41 Å². The standard InChI is InChI=1S/C8H9F3N4O2S/c9-8(10,11)6-3-4(15-18(14,16)17)1-2-5(6)7(12)13/h1-3,15H,(H3,12,13)(H2,14,16,17). The van der Waals surface area contributed by atoms with Gasteiger partial charge in [0.25, 0.3) is 10.2 Å². The fourth-order valence-corrected chi connectivity index (χ4v) is 1.70. The molecule has 0 aliphatic carbocycles. The Bertz CT molecular complexity index is 582. The van der Waals surface area contributed by atoms with Gasteiger partial charge in [0, 0.05) is 5.56 Å². The van der Waals surface area contributed by atoms with Gasteiger partial charge in [-0.25, -0.2) is 5.14 Å². The molecule has 6 nitrogen and oxygen atoms in total. The molecular formula is C8H9F3N4O2S. The van der Waals surface area contributed by atoms with E-state index >= 15 is 0 Å². The average molecular weight is 282 g/mol. The minimum Gasteiger partial charge on any atom is -0.384 e. The summed E-state index contributed by atoms with van der Waals surface area (Å²) in [6, 6.07) is 2.43. The molecule has 0 aliphatic heterocycles. The number of halogens is 3. The molecule has 0 heterocycles. The summed E-state index contributed by atoms with van der Waals surface area (Å²) < 4.78 is 61.1. The number of hydrogen-bond acceptors (Lipinski definition) is 3. The van der Waals surface area contributed by atoms with Crippen molar-refractivity contribution in [3.05, 3.63) is 29.3 Å². The maximum atomic E-state index is 12.7. The summed E-state index contributed by atoms with van der Waals surface area (Å²) in [6.45, 7) is 0. The molecule has 0 saturated heterocycles. The third-order valence-electron chi connectivity index (χ3n) is 1.88. The van der Waals surface area contributed by atoms with Crippen LogP contribution in [0.3, 0.4) is 0 Å². The van der Waals surface area contributed by atoms with Gasteiger partial charge < -0.3 is 5.73 Å². The van der Waals surface area contributed by atoms with Crippen molar-refractivity contribution in [2.45, 2.75) is 6.18 Å². The summed E-state index contributed by atoms with van der Waals surface area (Å²) in [7, 11) is -4.17. The number of nitrogen functional groups attached to an aromatic ring is 1. The lowest BCUT2D eigenvalue weighted by Gasteiger charge is -2.13. The molecule has 0 spiro atoms. The molecule has 10 heteroatoms. The second kappa shape index (κ2) is 4.46. The van der Waals surface area contributed by atoms with E-state index in [1.807, 2.05) is 0 Å². The Balaban J connectivity index is 3.35. The molecular weight excluding hydrogens is 273 g/mol. The molecule has 1 aromatic carbocycles. The Kier molecular flexibility index (Phi) is 3.53. The molecule has 0 atom stereocenters. The molecule has 0 bridgehead atoms. The van der Waals surface area contributed by atoms with Crippen LogP contribution in [0.25, 0.3) is 0 Å². The lowest BCUT2D eigenvalue weighted by molar-refractivity contribution is -0.137. The highest BCUT2D eigenvalue weighted by Gasteiger charge is 2.34. The van der Waals surface area contributed by atoms with Crippen molar-refractivity contribution in [2.24, 2.45) is 10.9 Å². The zero-order chi connectivity index (χ0) is 14.1. The van der Waals surface area contributed by atoms with Crippen LogP contribution in [0.1, 0.15) is 11.1 Å². The Morgan fingerprint density at radius 2 is 1.89 bits per heavy atom. The predicted molar refractivity (Wildman–Crippen MR) is 59.2 cm³/mol. The first kappa shape index (κ1) is 14.3. The van der Waals surface area contributed by atoms with Crippen molar-refractivity contribution in [2.75, 3.05) is 4.72 Å². The Morgan fingerprint density at radius 1 is 1.33 bits per heavy atom. The number of hydrogen-bond donors (Lipinski definition) is 4. The largest absolute Gasteiger partial charge is 0.417 e. The minimum absolute atomic E-state index is 0.366. The number of anilines is 1. The van der Waals surface area contributed by atoms with Gasteiger partial charge in [-0.2, -0.15) is 21.6 Å². The molecule has 0 unspecified atom stereocenters. The van der Waals surface area contributed by atoms with E-state index < -0.39 is 33.3 Å². The van der Waals surface area contributed by atoms with Gasteiger partial charge in [-0.05, 0) is 18.2 Å². The monoisotopic (exact) mass is 282 g/mol. The second-order valence-corrected chi connectivity index (χ2v) is 4.61. The van der Waals surface area contributed by atoms with Crippen molar-refractivity contribution in [3.63, 3.8) is 0 Å². The predicted octanol–water partition coefficient (Wildman–Crippen LogP) is 0.605. The molecule has 1 rings (SSSR count). The summed E-state index contributed by atoms with van der Waals surface area (Å²) in [6.07, 6.45) is -4.77. The van der Waals surface area contributed by atoms with Crippen molar-refractivity contribution in [1.29, 1.82) is 5.41 Å². The first-order chi connectivity index (χ1) is 8.00. The van der Waals surface area contributed by atoms with Crippen LogP contribution < -0.4 is 15.6 Å². The van der Waals surface area contributed by atoms with E-state index in [2.05, 4.69) is 5.14 Å². The lowest BCUT2D eigenvalue weighted by Crippen LogP contribution is -2.23. The molecule has 0 fully saturated rings. The van der Waals surface area contributed by atoms with E-state index in [9.17, 15) is 21.6 Å². The van der Waals surface area contributed by atoms with E-state index in [0.29, 0.717) is 6.07 Å². The highest BCUT2D eigenvalue weighted by atomic mass is 32.2. The van der Waals surface area contributed by atoms with E-state index in [0.717, 1.165) is 12.1 Å². The minimum atomic E-state index is -4.77. The van der Waals surface area contributed by atoms with Crippen molar-refractivity contribution in [3.8, 4) is 0 Å². The van der Waals surface area contributed by atoms with Gasteiger partial charge in [-0.1, -0.05) is 0 Å². The number of benzene rings is 1. The summed E-state index contributed by atoms with van der Waals surface area (Å²) in [5.41, 5.74) is 2.88. The highest BCUT2D eigenvalue weighted by molar-refractivity contribution is 7.90. The van der Waals surface area contributed by atoms with E-state index in [1.165, 1.54) is 0 Å². The quantitative estimate of drug-likeness (QED) is 0.479. The van der Waals surface area contributed by atoms with Crippen molar-refractivity contribution < 1.29 is 21.6 Å². The molecule has 6 N–H and O–H groups in total. The molecule has 0 aliphatic rings. The first-order valence-corrected chi connectivity index (χ1v) is 5.91. The zero-order valence-electron chi connectivity index (χ0n) is 8.75. The molecule has 0 aromatic heterocycles. The maximum absolute atomic E-state index is 12.7. The Morgan fingerprint density at radius 3 is 2.28 bits per heavy atom. The Labute approximate surface area is 100 Å². The SMILES string of the molecule is N=C(N)c1ccc(NS(N)(=O)=O)cc1C(F)(F)F. The molecule has 100 valence electrons. The normalized spacial score (nSPS) is 12.2. The molecule has 0 amide bonds. The molecule has 1 aromatic rings. The second-order valence-electron chi connectivity index (χ2n) is 3.32. The van der Waals surface area contributed by atoms with Crippen LogP contribution in [0.5, 0.6) is 0 Å². The zero-order valence-corrected chi connectivity index (χ0v) is 9.56. The van der Waals surface area contributed by atoms with Crippen LogP contribution in [-0.4, -0.2) is 14.3 Å². The van der Waals surface area contributed by atoms with Gasteiger partial charge in [-0.3, -0.25) is 10.1 Å². The smallest absolute Gasteiger partial charge is 0.384 e. The molecule has 0 radical (unpaired) electrons. The molecule has 0 saturated carbocycles. The summed E-state index contributed by atoms with van der Waals surface area (Å²) in [4.78, 5) is 0. The number of rotatable bonds is 3. The first-order valence-electron chi connectivity index (χ1n) is 4.37. The lowest BCUT2D eigenvalue weighted by atomic mass is 10.1. The number of alkyl halides is 3. The maximum Gasteiger partial charge on any atom is 0.417 e. The van der Waals surface area contributed by atoms with E-state index in [-0.39, 0.29) is 5.69 Å². The average Bonchev–Trinajstić information content (AvgIpc) is 2.13. The summed E-state index contributed by atoms with van der Waals surface area (Å²) in [5.74, 6) is -0.774. The third-order valence-corrected chi connectivity index (χ3v) is 2.40. The summed E-state index contributed by atoms with van der Waals surface area (Å²) in [5, 5.41) is 11.7. The fourth-order valence-electron chi connectivity index (χ4n) is 1.24. The fraction of sp³-hybridized carbons (Fsp3) is 0.125. The van der Waals surface area contributed by atoms with Gasteiger partial charge in [0.15, 0.2) is 0 Å². The van der Waals surface area contributed by atoms with Crippen LogP contribution in [0.15, 0.2) is 18.2 Å². The Hall–Kier alpha value is -1.81. The van der Waals surface area contributed by atoms with Crippen LogP contribution in [-0.2, 0) is 16.4 Å². The van der Waals surface area contributed by atoms with E-state index in [1.54, 1.807) is 4.72 Å². The van der Waals surface area contributed by atoms with E-state index in [4.69, 9.17) is 11.1 Å². The van der Waals surface area contributed by atoms with Crippen LogP contribution in [0.4, 0.5) is 18.9 Å². The molecule has 18 heavy (non-hydrogen) atoms. The van der Waals surface area contributed by atoms with Crippen LogP contribution >= 0.6 is 0 Å². The third kappa shape index (κ3) is 3.60.